The molecule has 1 rings (SSSR count). The Morgan fingerprint density at radius 2 is 2.00 bits per heavy atom. The number of benzene rings is 1. The Labute approximate surface area is 62.3 Å². The lowest BCUT2D eigenvalue weighted by Gasteiger charge is -1.92. The number of rotatable bonds is 1. The summed E-state index contributed by atoms with van der Waals surface area (Å²) in [5.74, 6) is 0. The summed E-state index contributed by atoms with van der Waals surface area (Å²) in [6.07, 6.45) is 0. The SMILES string of the molecule is Cc1ccc([PH+]=O)c(C)c1. The first-order chi connectivity index (χ1) is 4.74. The van der Waals surface area contributed by atoms with Gasteiger partial charge in [-0.15, -0.1) is 0 Å². The molecule has 0 spiro atoms. The molecule has 0 aromatic heterocycles. The molecule has 1 atom stereocenters. The van der Waals surface area contributed by atoms with Crippen molar-refractivity contribution in [1.82, 2.24) is 0 Å². The fourth-order valence-corrected chi connectivity index (χ4v) is 1.31. The number of hydrogen-bond donors (Lipinski definition) is 0. The molecule has 1 aromatic rings. The summed E-state index contributed by atoms with van der Waals surface area (Å²) in [6.45, 7) is 4.01. The van der Waals surface area contributed by atoms with Gasteiger partial charge in [-0.05, 0) is 19.9 Å². The minimum atomic E-state index is -0.325. The highest BCUT2D eigenvalue weighted by atomic mass is 31.1. The third-order valence-corrected chi connectivity index (χ3v) is 2.27. The maximum atomic E-state index is 10.5. The topological polar surface area (TPSA) is 17.1 Å². The monoisotopic (exact) mass is 153 g/mol. The van der Waals surface area contributed by atoms with Crippen molar-refractivity contribution < 1.29 is 4.57 Å². The molecule has 0 N–H and O–H groups in total. The normalized spacial score (nSPS) is 10.2. The summed E-state index contributed by atoms with van der Waals surface area (Å²) in [4.78, 5) is 0. The molecule has 1 nitrogen and oxygen atoms in total. The van der Waals surface area contributed by atoms with Crippen molar-refractivity contribution >= 4 is 13.8 Å². The highest BCUT2D eigenvalue weighted by molar-refractivity contribution is 7.34. The Hall–Kier alpha value is -0.680. The van der Waals surface area contributed by atoms with E-state index in [1.807, 2.05) is 32.0 Å². The van der Waals surface area contributed by atoms with Gasteiger partial charge in [-0.1, -0.05) is 22.3 Å². The van der Waals surface area contributed by atoms with Crippen LogP contribution in [0.1, 0.15) is 11.1 Å². The average molecular weight is 153 g/mol. The molecule has 10 heavy (non-hydrogen) atoms. The molecule has 0 amide bonds. The summed E-state index contributed by atoms with van der Waals surface area (Å²) in [6, 6.07) is 5.93. The Kier molecular flexibility index (Phi) is 2.18. The quantitative estimate of drug-likeness (QED) is 0.563. The van der Waals surface area contributed by atoms with E-state index in [-0.39, 0.29) is 8.46 Å². The summed E-state index contributed by atoms with van der Waals surface area (Å²) in [7, 11) is -0.325. The lowest BCUT2D eigenvalue weighted by molar-refractivity contribution is 0.603. The molecule has 0 heterocycles. The van der Waals surface area contributed by atoms with Gasteiger partial charge in [0.2, 0.25) is 0 Å². The van der Waals surface area contributed by atoms with Gasteiger partial charge in [0.05, 0.1) is 0 Å². The van der Waals surface area contributed by atoms with Crippen LogP contribution in [0.15, 0.2) is 18.2 Å². The lowest BCUT2D eigenvalue weighted by Crippen LogP contribution is -1.96. The second kappa shape index (κ2) is 2.94. The van der Waals surface area contributed by atoms with Crippen molar-refractivity contribution in [2.24, 2.45) is 0 Å². The molecule has 0 radical (unpaired) electrons. The zero-order valence-electron chi connectivity index (χ0n) is 6.14. The zero-order chi connectivity index (χ0) is 7.56. The van der Waals surface area contributed by atoms with Crippen LogP contribution >= 0.6 is 8.46 Å². The van der Waals surface area contributed by atoms with E-state index in [4.69, 9.17) is 0 Å². The van der Waals surface area contributed by atoms with Gasteiger partial charge in [-0.25, -0.2) is 0 Å². The fourth-order valence-electron chi connectivity index (χ4n) is 0.928. The molecule has 52 valence electrons. The number of hydrogen-bond acceptors (Lipinski definition) is 1. The van der Waals surface area contributed by atoms with Crippen molar-refractivity contribution in [2.45, 2.75) is 13.8 Å². The lowest BCUT2D eigenvalue weighted by atomic mass is 10.2. The van der Waals surface area contributed by atoms with Crippen molar-refractivity contribution in [2.75, 3.05) is 0 Å². The Bertz CT molecular complexity index is 255. The van der Waals surface area contributed by atoms with Crippen LogP contribution in [-0.2, 0) is 4.57 Å². The van der Waals surface area contributed by atoms with Crippen LogP contribution in [0.2, 0.25) is 0 Å². The molecule has 1 unspecified atom stereocenters. The Morgan fingerprint density at radius 1 is 1.30 bits per heavy atom. The van der Waals surface area contributed by atoms with Crippen LogP contribution in [0.4, 0.5) is 0 Å². The highest BCUT2D eigenvalue weighted by Crippen LogP contribution is 2.05. The molecular formula is C8H10OP+. The Morgan fingerprint density at radius 3 is 2.50 bits per heavy atom. The standard InChI is InChI=1S/C8H9OP/c1-6-3-4-8(10-9)7(2)5-6/h3-5H,1-2H3/p+1. The van der Waals surface area contributed by atoms with Crippen molar-refractivity contribution in [1.29, 1.82) is 0 Å². The van der Waals surface area contributed by atoms with Gasteiger partial charge >= 0.3 is 8.46 Å². The van der Waals surface area contributed by atoms with E-state index in [1.54, 1.807) is 0 Å². The first-order valence-electron chi connectivity index (χ1n) is 3.19. The van der Waals surface area contributed by atoms with Crippen LogP contribution < -0.4 is 5.30 Å². The van der Waals surface area contributed by atoms with E-state index in [1.165, 1.54) is 5.56 Å². The van der Waals surface area contributed by atoms with Gasteiger partial charge < -0.3 is 0 Å². The average Bonchev–Trinajstić information content (AvgIpc) is 1.88. The van der Waals surface area contributed by atoms with Crippen LogP contribution in [-0.4, -0.2) is 0 Å². The smallest absolute Gasteiger partial charge is 0.0707 e. The third kappa shape index (κ3) is 1.43. The molecule has 0 saturated carbocycles. The van der Waals surface area contributed by atoms with Gasteiger partial charge in [0.15, 0.2) is 5.30 Å². The van der Waals surface area contributed by atoms with Gasteiger partial charge in [0.1, 0.15) is 0 Å². The van der Waals surface area contributed by atoms with Gasteiger partial charge in [0, 0.05) is 5.56 Å². The van der Waals surface area contributed by atoms with Crippen LogP contribution in [0.3, 0.4) is 0 Å². The first-order valence-corrected chi connectivity index (χ1v) is 4.10. The second-order valence-electron chi connectivity index (χ2n) is 2.42. The molecule has 0 aliphatic rings. The second-order valence-corrected chi connectivity index (χ2v) is 3.16. The van der Waals surface area contributed by atoms with E-state index in [0.717, 1.165) is 10.9 Å². The van der Waals surface area contributed by atoms with Crippen molar-refractivity contribution in [3.8, 4) is 0 Å². The molecular weight excluding hydrogens is 143 g/mol. The summed E-state index contributed by atoms with van der Waals surface area (Å²) in [5, 5.41) is 0.936. The van der Waals surface area contributed by atoms with E-state index < -0.39 is 0 Å². The van der Waals surface area contributed by atoms with Crippen molar-refractivity contribution in [3.05, 3.63) is 29.3 Å². The van der Waals surface area contributed by atoms with Gasteiger partial charge in [-0.2, -0.15) is 0 Å². The highest BCUT2D eigenvalue weighted by Gasteiger charge is 2.02. The molecule has 0 bridgehead atoms. The maximum absolute atomic E-state index is 10.5. The molecule has 0 aliphatic heterocycles. The molecule has 0 fully saturated rings. The summed E-state index contributed by atoms with van der Waals surface area (Å²) < 4.78 is 10.5. The van der Waals surface area contributed by atoms with E-state index in [2.05, 4.69) is 0 Å². The van der Waals surface area contributed by atoms with E-state index >= 15 is 0 Å². The third-order valence-electron chi connectivity index (χ3n) is 1.49. The minimum absolute atomic E-state index is 0.325. The van der Waals surface area contributed by atoms with Crippen LogP contribution in [0.25, 0.3) is 0 Å². The summed E-state index contributed by atoms with van der Waals surface area (Å²) in [5.41, 5.74) is 2.34. The van der Waals surface area contributed by atoms with Crippen molar-refractivity contribution in [3.63, 3.8) is 0 Å². The predicted molar refractivity (Wildman–Crippen MR) is 44.6 cm³/mol. The van der Waals surface area contributed by atoms with E-state index in [9.17, 15) is 4.57 Å². The number of aryl methyl sites for hydroxylation is 2. The molecule has 0 saturated heterocycles. The predicted octanol–water partition coefficient (Wildman–Crippen LogP) is 1.95. The fraction of sp³-hybridized carbons (Fsp3) is 0.250. The van der Waals surface area contributed by atoms with Gasteiger partial charge in [0.25, 0.3) is 0 Å². The largest absolute Gasteiger partial charge is 0.363 e. The van der Waals surface area contributed by atoms with Crippen LogP contribution in [0.5, 0.6) is 0 Å². The molecule has 2 heteroatoms. The summed E-state index contributed by atoms with van der Waals surface area (Å²) >= 11 is 0. The molecule has 1 aromatic carbocycles. The molecule has 0 aliphatic carbocycles. The van der Waals surface area contributed by atoms with Gasteiger partial charge in [-0.3, -0.25) is 0 Å². The zero-order valence-corrected chi connectivity index (χ0v) is 7.14. The maximum Gasteiger partial charge on any atom is 0.363 e. The van der Waals surface area contributed by atoms with E-state index in [0.29, 0.717) is 0 Å². The first kappa shape index (κ1) is 7.43. The minimum Gasteiger partial charge on any atom is -0.0707 e. The Balaban J connectivity index is 3.19. The van der Waals surface area contributed by atoms with Crippen LogP contribution in [0, 0.1) is 13.8 Å².